The number of halogens is 2. The fourth-order valence-corrected chi connectivity index (χ4v) is 2.62. The Morgan fingerprint density at radius 3 is 2.62 bits per heavy atom. The summed E-state index contributed by atoms with van der Waals surface area (Å²) in [5.41, 5.74) is 0.413. The molecule has 0 aliphatic heterocycles. The first-order valence-electron chi connectivity index (χ1n) is 7.59. The molecule has 1 aromatic heterocycles. The number of carbonyl (C=O) groups is 1. The van der Waals surface area contributed by atoms with Crippen LogP contribution in [0.2, 0.25) is 10.0 Å². The number of nitrogens with zero attached hydrogens (tertiary/aromatic N) is 3. The summed E-state index contributed by atoms with van der Waals surface area (Å²) in [6, 6.07) is 5.06. The largest absolute Gasteiger partial charge is 0.338 e. The maximum Gasteiger partial charge on any atom is 0.240 e. The van der Waals surface area contributed by atoms with Gasteiger partial charge in [-0.3, -0.25) is 9.69 Å². The van der Waals surface area contributed by atoms with Crippen molar-refractivity contribution in [2.45, 2.75) is 26.8 Å². The van der Waals surface area contributed by atoms with Crippen LogP contribution in [0.1, 0.15) is 25.6 Å². The van der Waals surface area contributed by atoms with Crippen molar-refractivity contribution in [1.82, 2.24) is 15.0 Å². The van der Waals surface area contributed by atoms with Crippen LogP contribution in [-0.2, 0) is 17.8 Å². The van der Waals surface area contributed by atoms with Crippen molar-refractivity contribution in [1.29, 1.82) is 0 Å². The molecule has 0 spiro atoms. The number of amides is 1. The molecule has 0 aliphatic carbocycles. The molecular formula is C16H20Cl2N4O2. The van der Waals surface area contributed by atoms with Gasteiger partial charge in [-0.2, -0.15) is 4.98 Å². The molecule has 0 saturated carbocycles. The third-order valence-corrected chi connectivity index (χ3v) is 3.78. The summed E-state index contributed by atoms with van der Waals surface area (Å²) in [5.74, 6) is 1.39. The standard InChI is InChI=1S/C16H20Cl2N4O2/c1-10(2)7-13-19-15(24-21-13)9-22(3)8-14(23)20-16-11(17)5-4-6-12(16)18/h4-6,10H,7-9H2,1-3H3,(H,20,23). The molecule has 6 nitrogen and oxygen atoms in total. The summed E-state index contributed by atoms with van der Waals surface area (Å²) in [5, 5.41) is 7.44. The highest BCUT2D eigenvalue weighted by molar-refractivity contribution is 6.39. The monoisotopic (exact) mass is 370 g/mol. The van der Waals surface area contributed by atoms with Gasteiger partial charge < -0.3 is 9.84 Å². The minimum Gasteiger partial charge on any atom is -0.338 e. The van der Waals surface area contributed by atoms with Gasteiger partial charge in [0.05, 0.1) is 28.8 Å². The predicted octanol–water partition coefficient (Wildman–Crippen LogP) is 3.65. The summed E-state index contributed by atoms with van der Waals surface area (Å²) < 4.78 is 5.20. The lowest BCUT2D eigenvalue weighted by Crippen LogP contribution is -2.30. The van der Waals surface area contributed by atoms with Gasteiger partial charge >= 0.3 is 0 Å². The van der Waals surface area contributed by atoms with E-state index in [1.165, 1.54) is 0 Å². The molecule has 0 aliphatic rings. The van der Waals surface area contributed by atoms with Gasteiger partial charge in [0.15, 0.2) is 5.82 Å². The Bertz CT molecular complexity index is 683. The van der Waals surface area contributed by atoms with E-state index in [2.05, 4.69) is 29.3 Å². The maximum atomic E-state index is 12.1. The topological polar surface area (TPSA) is 71.3 Å². The predicted molar refractivity (Wildman–Crippen MR) is 94.3 cm³/mol. The van der Waals surface area contributed by atoms with Gasteiger partial charge in [0.25, 0.3) is 0 Å². The molecule has 0 atom stereocenters. The average Bonchev–Trinajstić information content (AvgIpc) is 2.89. The van der Waals surface area contributed by atoms with Crippen LogP contribution in [0.3, 0.4) is 0 Å². The van der Waals surface area contributed by atoms with Gasteiger partial charge in [-0.1, -0.05) is 48.3 Å². The first-order valence-corrected chi connectivity index (χ1v) is 8.34. The normalized spacial score (nSPS) is 11.3. The maximum absolute atomic E-state index is 12.1. The zero-order valence-electron chi connectivity index (χ0n) is 13.8. The quantitative estimate of drug-likeness (QED) is 0.805. The van der Waals surface area contributed by atoms with E-state index in [-0.39, 0.29) is 12.5 Å². The van der Waals surface area contributed by atoms with E-state index in [0.717, 1.165) is 6.42 Å². The fraction of sp³-hybridized carbons (Fsp3) is 0.438. The van der Waals surface area contributed by atoms with Crippen molar-refractivity contribution in [3.63, 3.8) is 0 Å². The molecule has 0 saturated heterocycles. The smallest absolute Gasteiger partial charge is 0.240 e. The highest BCUT2D eigenvalue weighted by Crippen LogP contribution is 2.29. The first kappa shape index (κ1) is 18.7. The SMILES string of the molecule is CC(C)Cc1noc(CN(C)CC(=O)Nc2c(Cl)cccc2Cl)n1. The highest BCUT2D eigenvalue weighted by Gasteiger charge is 2.14. The second kappa shape index (κ2) is 8.46. The number of nitrogens with one attached hydrogen (secondary N) is 1. The van der Waals surface area contributed by atoms with E-state index in [0.29, 0.717) is 39.9 Å². The van der Waals surface area contributed by atoms with Crippen molar-refractivity contribution in [2.75, 3.05) is 18.9 Å². The first-order chi connectivity index (χ1) is 11.3. The number of anilines is 1. The second-order valence-electron chi connectivity index (χ2n) is 6.02. The van der Waals surface area contributed by atoms with Crippen LogP contribution in [0.25, 0.3) is 0 Å². The zero-order valence-corrected chi connectivity index (χ0v) is 15.4. The van der Waals surface area contributed by atoms with E-state index in [4.69, 9.17) is 27.7 Å². The lowest BCUT2D eigenvalue weighted by molar-refractivity contribution is -0.117. The lowest BCUT2D eigenvalue weighted by atomic mass is 10.1. The number of benzene rings is 1. The number of carbonyl (C=O) groups excluding carboxylic acids is 1. The fourth-order valence-electron chi connectivity index (χ4n) is 2.13. The number of aromatic nitrogens is 2. The Balaban J connectivity index is 1.88. The molecule has 0 unspecified atom stereocenters. The van der Waals surface area contributed by atoms with Crippen molar-refractivity contribution < 1.29 is 9.32 Å². The van der Waals surface area contributed by atoms with Crippen LogP contribution in [0, 0.1) is 5.92 Å². The summed E-state index contributed by atoms with van der Waals surface area (Å²) in [7, 11) is 1.79. The van der Waals surface area contributed by atoms with E-state index < -0.39 is 0 Å². The van der Waals surface area contributed by atoms with E-state index >= 15 is 0 Å². The molecule has 0 fully saturated rings. The minimum atomic E-state index is -0.227. The zero-order chi connectivity index (χ0) is 17.7. The summed E-state index contributed by atoms with van der Waals surface area (Å²) in [6.45, 7) is 4.71. The lowest BCUT2D eigenvalue weighted by Gasteiger charge is -2.15. The van der Waals surface area contributed by atoms with Crippen LogP contribution in [0.5, 0.6) is 0 Å². The molecule has 1 aromatic carbocycles. The highest BCUT2D eigenvalue weighted by atomic mass is 35.5. The number of hydrogen-bond donors (Lipinski definition) is 1. The van der Waals surface area contributed by atoms with Crippen LogP contribution in [0.4, 0.5) is 5.69 Å². The van der Waals surface area contributed by atoms with Gasteiger partial charge in [-0.25, -0.2) is 0 Å². The molecule has 0 bridgehead atoms. The van der Waals surface area contributed by atoms with Crippen LogP contribution in [0.15, 0.2) is 22.7 Å². The minimum absolute atomic E-state index is 0.142. The summed E-state index contributed by atoms with van der Waals surface area (Å²) in [4.78, 5) is 18.2. The van der Waals surface area contributed by atoms with Crippen molar-refractivity contribution in [3.05, 3.63) is 40.0 Å². The van der Waals surface area contributed by atoms with Crippen LogP contribution in [-0.4, -0.2) is 34.5 Å². The molecule has 1 amide bonds. The Kier molecular flexibility index (Phi) is 6.60. The molecule has 1 heterocycles. The average molecular weight is 371 g/mol. The molecule has 2 aromatic rings. The van der Waals surface area contributed by atoms with Crippen LogP contribution >= 0.6 is 23.2 Å². The number of likely N-dealkylation sites (N-methyl/N-ethyl adjacent to an activating group) is 1. The van der Waals surface area contributed by atoms with Gasteiger partial charge in [0, 0.05) is 6.42 Å². The van der Waals surface area contributed by atoms with Gasteiger partial charge in [0.1, 0.15) is 0 Å². The molecular weight excluding hydrogens is 351 g/mol. The molecule has 130 valence electrons. The van der Waals surface area contributed by atoms with E-state index in [9.17, 15) is 4.79 Å². The van der Waals surface area contributed by atoms with E-state index in [1.807, 2.05) is 0 Å². The Hall–Kier alpha value is -1.63. The summed E-state index contributed by atoms with van der Waals surface area (Å²) >= 11 is 12.1. The molecule has 0 radical (unpaired) electrons. The Morgan fingerprint density at radius 2 is 2.00 bits per heavy atom. The number of hydrogen-bond acceptors (Lipinski definition) is 5. The molecule has 8 heteroatoms. The van der Waals surface area contributed by atoms with E-state index in [1.54, 1.807) is 30.1 Å². The molecule has 2 rings (SSSR count). The van der Waals surface area contributed by atoms with Gasteiger partial charge in [0.2, 0.25) is 11.8 Å². The molecule has 1 N–H and O–H groups in total. The second-order valence-corrected chi connectivity index (χ2v) is 6.83. The van der Waals surface area contributed by atoms with Crippen molar-refractivity contribution in [2.24, 2.45) is 5.92 Å². The van der Waals surface area contributed by atoms with Crippen molar-refractivity contribution >= 4 is 34.8 Å². The molecule has 24 heavy (non-hydrogen) atoms. The summed E-state index contributed by atoms with van der Waals surface area (Å²) in [6.07, 6.45) is 0.763. The van der Waals surface area contributed by atoms with Gasteiger partial charge in [-0.15, -0.1) is 0 Å². The third kappa shape index (κ3) is 5.47. The number of rotatable bonds is 7. The Morgan fingerprint density at radius 1 is 1.33 bits per heavy atom. The van der Waals surface area contributed by atoms with Crippen LogP contribution < -0.4 is 5.32 Å². The van der Waals surface area contributed by atoms with Gasteiger partial charge in [-0.05, 0) is 25.1 Å². The Labute approximate surface area is 151 Å². The third-order valence-electron chi connectivity index (χ3n) is 3.15. The number of para-hydroxylation sites is 1. The van der Waals surface area contributed by atoms with Crippen molar-refractivity contribution in [3.8, 4) is 0 Å².